The van der Waals surface area contributed by atoms with E-state index < -0.39 is 5.91 Å². The van der Waals surface area contributed by atoms with Crippen LogP contribution in [-0.2, 0) is 0 Å². The highest BCUT2D eigenvalue weighted by Crippen LogP contribution is 2.24. The first kappa shape index (κ1) is 11.3. The predicted molar refractivity (Wildman–Crippen MR) is 51.2 cm³/mol. The van der Waals surface area contributed by atoms with Crippen LogP contribution in [0.1, 0.15) is 17.4 Å². The van der Waals surface area contributed by atoms with E-state index in [2.05, 4.69) is 4.98 Å². The van der Waals surface area contributed by atoms with Gasteiger partial charge in [0.15, 0.2) is 5.75 Å². The van der Waals surface area contributed by atoms with Crippen molar-refractivity contribution >= 4 is 5.91 Å². The average Bonchev–Trinajstić information content (AvgIpc) is 2.29. The number of pyridine rings is 1. The molecule has 15 heavy (non-hydrogen) atoms. The van der Waals surface area contributed by atoms with Crippen molar-refractivity contribution in [1.82, 2.24) is 10.5 Å². The van der Waals surface area contributed by atoms with Crippen LogP contribution in [0.5, 0.6) is 11.6 Å². The Morgan fingerprint density at radius 3 is 2.87 bits per heavy atom. The fourth-order valence-electron chi connectivity index (χ4n) is 1.02. The Hall–Kier alpha value is -1.82. The van der Waals surface area contributed by atoms with Gasteiger partial charge in [-0.05, 0) is 19.1 Å². The van der Waals surface area contributed by atoms with E-state index in [1.807, 2.05) is 6.92 Å². The predicted octanol–water partition coefficient (Wildman–Crippen LogP) is 0.608. The Morgan fingerprint density at radius 2 is 2.33 bits per heavy atom. The van der Waals surface area contributed by atoms with E-state index in [1.54, 1.807) is 6.07 Å². The van der Waals surface area contributed by atoms with Crippen LogP contribution in [0.15, 0.2) is 12.1 Å². The summed E-state index contributed by atoms with van der Waals surface area (Å²) in [4.78, 5) is 14.9. The van der Waals surface area contributed by atoms with Crippen LogP contribution in [0.3, 0.4) is 0 Å². The first-order valence-electron chi connectivity index (χ1n) is 4.35. The van der Waals surface area contributed by atoms with Crippen LogP contribution < -0.4 is 15.0 Å². The third kappa shape index (κ3) is 2.57. The van der Waals surface area contributed by atoms with Crippen LogP contribution in [0, 0.1) is 0 Å². The van der Waals surface area contributed by atoms with Crippen molar-refractivity contribution in [2.45, 2.75) is 6.92 Å². The van der Waals surface area contributed by atoms with Crippen LogP contribution >= 0.6 is 0 Å². The molecule has 0 saturated carbocycles. The average molecular weight is 212 g/mol. The molecule has 0 radical (unpaired) electrons. The monoisotopic (exact) mass is 212 g/mol. The van der Waals surface area contributed by atoms with Crippen molar-refractivity contribution in [1.29, 1.82) is 0 Å². The molecular formula is C9H12N2O4. The molecule has 1 aromatic rings. The number of nitrogens with one attached hydrogen (secondary N) is 1. The lowest BCUT2D eigenvalue weighted by Crippen LogP contribution is -2.20. The first-order chi connectivity index (χ1) is 7.22. The molecule has 2 N–H and O–H groups in total. The zero-order valence-corrected chi connectivity index (χ0v) is 8.48. The van der Waals surface area contributed by atoms with Crippen molar-refractivity contribution in [3.63, 3.8) is 0 Å². The molecule has 0 aliphatic rings. The molecule has 0 fully saturated rings. The third-order valence-corrected chi connectivity index (χ3v) is 1.65. The van der Waals surface area contributed by atoms with Gasteiger partial charge in [0.05, 0.1) is 13.7 Å². The van der Waals surface area contributed by atoms with E-state index >= 15 is 0 Å². The molecule has 1 rings (SSSR count). The maximum absolute atomic E-state index is 11.0. The maximum atomic E-state index is 11.0. The van der Waals surface area contributed by atoms with Gasteiger partial charge >= 0.3 is 0 Å². The van der Waals surface area contributed by atoms with Crippen LogP contribution in [0.4, 0.5) is 0 Å². The number of amides is 1. The van der Waals surface area contributed by atoms with E-state index in [-0.39, 0.29) is 11.6 Å². The zero-order valence-electron chi connectivity index (χ0n) is 8.48. The fraction of sp³-hybridized carbons (Fsp3) is 0.333. The van der Waals surface area contributed by atoms with E-state index in [0.717, 1.165) is 0 Å². The minimum absolute atomic E-state index is 0.0535. The normalized spacial score (nSPS) is 9.53. The molecule has 82 valence electrons. The second-order valence-electron chi connectivity index (χ2n) is 2.58. The molecule has 6 nitrogen and oxygen atoms in total. The SMILES string of the molecule is CCOc1ccc(C(=O)NO)nc1OC. The number of hydrogen-bond donors (Lipinski definition) is 2. The van der Waals surface area contributed by atoms with Crippen molar-refractivity contribution in [2.75, 3.05) is 13.7 Å². The molecule has 0 saturated heterocycles. The fourth-order valence-corrected chi connectivity index (χ4v) is 1.02. The number of rotatable bonds is 4. The highest BCUT2D eigenvalue weighted by Gasteiger charge is 2.11. The Bertz CT molecular complexity index is 354. The van der Waals surface area contributed by atoms with Gasteiger partial charge in [0.1, 0.15) is 5.69 Å². The number of carbonyl (C=O) groups excluding carboxylic acids is 1. The molecule has 6 heteroatoms. The summed E-state index contributed by atoms with van der Waals surface area (Å²) in [6.07, 6.45) is 0. The molecule has 1 heterocycles. The van der Waals surface area contributed by atoms with Crippen molar-refractivity contribution < 1.29 is 19.5 Å². The molecule has 1 amide bonds. The van der Waals surface area contributed by atoms with Gasteiger partial charge < -0.3 is 9.47 Å². The van der Waals surface area contributed by atoms with Gasteiger partial charge in [0.2, 0.25) is 0 Å². The summed E-state index contributed by atoms with van der Waals surface area (Å²) in [6.45, 7) is 2.30. The van der Waals surface area contributed by atoms with Crippen molar-refractivity contribution in [2.24, 2.45) is 0 Å². The number of nitrogens with zero attached hydrogens (tertiary/aromatic N) is 1. The second-order valence-corrected chi connectivity index (χ2v) is 2.58. The number of aromatic nitrogens is 1. The largest absolute Gasteiger partial charge is 0.488 e. The van der Waals surface area contributed by atoms with E-state index in [9.17, 15) is 4.79 Å². The van der Waals surface area contributed by atoms with Crippen molar-refractivity contribution in [3.05, 3.63) is 17.8 Å². The number of hydroxylamine groups is 1. The molecule has 0 aliphatic heterocycles. The van der Waals surface area contributed by atoms with E-state index in [4.69, 9.17) is 14.7 Å². The summed E-state index contributed by atoms with van der Waals surface area (Å²) in [5.41, 5.74) is 1.54. The minimum Gasteiger partial charge on any atom is -0.488 e. The maximum Gasteiger partial charge on any atom is 0.293 e. The summed E-state index contributed by atoms with van der Waals surface area (Å²) < 4.78 is 10.2. The summed E-state index contributed by atoms with van der Waals surface area (Å²) >= 11 is 0. The Balaban J connectivity index is 3.01. The third-order valence-electron chi connectivity index (χ3n) is 1.65. The number of carbonyl (C=O) groups is 1. The summed E-state index contributed by atoms with van der Waals surface area (Å²) in [7, 11) is 1.42. The highest BCUT2D eigenvalue weighted by atomic mass is 16.5. The smallest absolute Gasteiger partial charge is 0.293 e. The van der Waals surface area contributed by atoms with Gasteiger partial charge in [0.25, 0.3) is 11.8 Å². The number of hydrogen-bond acceptors (Lipinski definition) is 5. The van der Waals surface area contributed by atoms with Gasteiger partial charge in [-0.2, -0.15) is 0 Å². The van der Waals surface area contributed by atoms with E-state index in [0.29, 0.717) is 12.4 Å². The lowest BCUT2D eigenvalue weighted by atomic mass is 10.3. The Labute approximate surface area is 86.8 Å². The van der Waals surface area contributed by atoms with Crippen molar-refractivity contribution in [3.8, 4) is 11.6 Å². The molecule has 1 aromatic heterocycles. The quantitative estimate of drug-likeness (QED) is 0.564. The topological polar surface area (TPSA) is 80.7 Å². The zero-order chi connectivity index (χ0) is 11.3. The molecule has 0 bridgehead atoms. The molecule has 0 atom stereocenters. The Morgan fingerprint density at radius 1 is 1.60 bits per heavy atom. The van der Waals surface area contributed by atoms with Crippen LogP contribution in [0.25, 0.3) is 0 Å². The molecular weight excluding hydrogens is 200 g/mol. The Kier molecular flexibility index (Phi) is 3.87. The molecule has 0 spiro atoms. The molecule has 0 unspecified atom stereocenters. The number of ether oxygens (including phenoxy) is 2. The summed E-state index contributed by atoms with van der Waals surface area (Å²) in [6, 6.07) is 2.99. The van der Waals surface area contributed by atoms with Gasteiger partial charge in [-0.25, -0.2) is 10.5 Å². The lowest BCUT2D eigenvalue weighted by Gasteiger charge is -2.08. The second kappa shape index (κ2) is 5.16. The summed E-state index contributed by atoms with van der Waals surface area (Å²) in [5, 5.41) is 8.41. The van der Waals surface area contributed by atoms with Crippen LogP contribution in [0.2, 0.25) is 0 Å². The van der Waals surface area contributed by atoms with Crippen LogP contribution in [-0.4, -0.2) is 29.8 Å². The first-order valence-corrected chi connectivity index (χ1v) is 4.35. The van der Waals surface area contributed by atoms with E-state index in [1.165, 1.54) is 18.7 Å². The van der Waals surface area contributed by atoms with Gasteiger partial charge in [-0.15, -0.1) is 0 Å². The summed E-state index contributed by atoms with van der Waals surface area (Å²) in [5.74, 6) is -0.0382. The van der Waals surface area contributed by atoms with Gasteiger partial charge in [-0.3, -0.25) is 10.0 Å². The molecule has 0 aromatic carbocycles. The standard InChI is InChI=1S/C9H12N2O4/c1-3-15-7-5-4-6(8(12)11-13)10-9(7)14-2/h4-5,13H,3H2,1-2H3,(H,11,12). The number of methoxy groups -OCH3 is 1. The highest BCUT2D eigenvalue weighted by molar-refractivity contribution is 5.91. The lowest BCUT2D eigenvalue weighted by molar-refractivity contribution is 0.0699. The minimum atomic E-state index is -0.698. The molecule has 0 aliphatic carbocycles. The van der Waals surface area contributed by atoms with Gasteiger partial charge in [-0.1, -0.05) is 0 Å². The van der Waals surface area contributed by atoms with Gasteiger partial charge in [0, 0.05) is 0 Å².